The number of carbonyl (C=O) groups excluding carboxylic acids is 1. The highest BCUT2D eigenvalue weighted by Crippen LogP contribution is 2.26. The monoisotopic (exact) mass is 329 g/mol. The second-order valence-corrected chi connectivity index (χ2v) is 5.56. The second-order valence-electron chi connectivity index (χ2n) is 4.64. The van der Waals surface area contributed by atoms with Gasteiger partial charge in [0.2, 0.25) is 0 Å². The minimum Gasteiger partial charge on any atom is -0.481 e. The molecule has 1 aromatic rings. The van der Waals surface area contributed by atoms with Gasteiger partial charge in [-0.25, -0.2) is 4.39 Å². The van der Waals surface area contributed by atoms with Gasteiger partial charge >= 0.3 is 5.97 Å². The van der Waals surface area contributed by atoms with Gasteiger partial charge in [0.25, 0.3) is 5.91 Å². The summed E-state index contributed by atoms with van der Waals surface area (Å²) in [4.78, 5) is 22.8. The Hall–Kier alpha value is -1.43. The van der Waals surface area contributed by atoms with E-state index in [0.29, 0.717) is 23.7 Å². The number of benzene rings is 1. The summed E-state index contributed by atoms with van der Waals surface area (Å²) in [7, 11) is 0. The SMILES string of the molecule is O=C(N[C@H]1CC[C@@H](C(=O)O)C1)c1cc(Br)ccc1F. The maximum Gasteiger partial charge on any atom is 0.306 e. The lowest BCUT2D eigenvalue weighted by molar-refractivity contribution is -0.141. The summed E-state index contributed by atoms with van der Waals surface area (Å²) in [5.41, 5.74) is -0.0341. The van der Waals surface area contributed by atoms with E-state index < -0.39 is 23.6 Å². The Morgan fingerprint density at radius 3 is 2.74 bits per heavy atom. The van der Waals surface area contributed by atoms with Crippen molar-refractivity contribution in [3.8, 4) is 0 Å². The van der Waals surface area contributed by atoms with Crippen LogP contribution in [0, 0.1) is 11.7 Å². The molecule has 0 saturated heterocycles. The normalized spacial score (nSPS) is 22.2. The number of carboxylic acid groups (broad SMARTS) is 1. The average molecular weight is 330 g/mol. The highest BCUT2D eigenvalue weighted by Gasteiger charge is 2.31. The van der Waals surface area contributed by atoms with E-state index in [1.54, 1.807) is 0 Å². The van der Waals surface area contributed by atoms with Crippen molar-refractivity contribution in [3.05, 3.63) is 34.1 Å². The smallest absolute Gasteiger partial charge is 0.306 e. The van der Waals surface area contributed by atoms with Gasteiger partial charge in [0, 0.05) is 10.5 Å². The maximum absolute atomic E-state index is 13.5. The molecule has 4 nitrogen and oxygen atoms in total. The number of aliphatic carboxylic acids is 1. The van der Waals surface area contributed by atoms with Crippen LogP contribution in [0.15, 0.2) is 22.7 Å². The van der Waals surface area contributed by atoms with Crippen molar-refractivity contribution in [2.24, 2.45) is 5.92 Å². The molecule has 1 aliphatic rings. The molecular formula is C13H13BrFNO3. The fraction of sp³-hybridized carbons (Fsp3) is 0.385. The lowest BCUT2D eigenvalue weighted by atomic mass is 10.1. The third kappa shape index (κ3) is 3.32. The first-order chi connectivity index (χ1) is 8.97. The minimum absolute atomic E-state index is 0.0341. The third-order valence-electron chi connectivity index (χ3n) is 3.29. The summed E-state index contributed by atoms with van der Waals surface area (Å²) in [5, 5.41) is 11.6. The number of hydrogen-bond donors (Lipinski definition) is 2. The maximum atomic E-state index is 13.5. The summed E-state index contributed by atoms with van der Waals surface area (Å²) >= 11 is 3.18. The topological polar surface area (TPSA) is 66.4 Å². The number of carboxylic acids is 1. The number of nitrogens with one attached hydrogen (secondary N) is 1. The standard InChI is InChI=1S/C13H13BrFNO3/c14-8-2-4-11(15)10(6-8)12(17)16-9-3-1-7(5-9)13(18)19/h2,4,6-7,9H,1,3,5H2,(H,16,17)(H,18,19)/t7-,9+/m1/s1. The molecule has 0 bridgehead atoms. The number of halogens is 2. The molecule has 1 aromatic carbocycles. The quantitative estimate of drug-likeness (QED) is 0.895. The molecule has 1 saturated carbocycles. The summed E-state index contributed by atoms with van der Waals surface area (Å²) < 4.78 is 14.1. The van der Waals surface area contributed by atoms with Crippen LogP contribution in [0.3, 0.4) is 0 Å². The van der Waals surface area contributed by atoms with Gasteiger partial charge in [-0.05, 0) is 37.5 Å². The fourth-order valence-electron chi connectivity index (χ4n) is 2.27. The van der Waals surface area contributed by atoms with Gasteiger partial charge in [0.1, 0.15) is 5.82 Å². The van der Waals surface area contributed by atoms with E-state index in [-0.39, 0.29) is 11.6 Å². The first-order valence-electron chi connectivity index (χ1n) is 5.96. The summed E-state index contributed by atoms with van der Waals surface area (Å²) in [5.74, 6) is -2.36. The van der Waals surface area contributed by atoms with Crippen LogP contribution >= 0.6 is 15.9 Å². The Labute approximate surface area is 118 Å². The van der Waals surface area contributed by atoms with Gasteiger partial charge in [0.15, 0.2) is 0 Å². The van der Waals surface area contributed by atoms with Gasteiger partial charge < -0.3 is 10.4 Å². The van der Waals surface area contributed by atoms with Gasteiger partial charge in [-0.15, -0.1) is 0 Å². The van der Waals surface area contributed by atoms with E-state index in [1.807, 2.05) is 0 Å². The molecule has 1 fully saturated rings. The summed E-state index contributed by atoms with van der Waals surface area (Å²) in [6.45, 7) is 0. The van der Waals surface area contributed by atoms with Gasteiger partial charge in [-0.1, -0.05) is 15.9 Å². The zero-order chi connectivity index (χ0) is 14.0. The largest absolute Gasteiger partial charge is 0.481 e. The number of carbonyl (C=O) groups is 2. The molecule has 0 spiro atoms. The third-order valence-corrected chi connectivity index (χ3v) is 3.78. The lowest BCUT2D eigenvalue weighted by Crippen LogP contribution is -2.33. The Kier molecular flexibility index (Phi) is 4.19. The molecule has 0 unspecified atom stereocenters. The molecule has 1 aliphatic carbocycles. The van der Waals surface area contributed by atoms with E-state index in [9.17, 15) is 14.0 Å². The molecule has 0 aromatic heterocycles. The van der Waals surface area contributed by atoms with E-state index in [1.165, 1.54) is 18.2 Å². The predicted octanol–water partition coefficient (Wildman–Crippen LogP) is 2.57. The average Bonchev–Trinajstić information content (AvgIpc) is 2.80. The molecule has 19 heavy (non-hydrogen) atoms. The van der Waals surface area contributed by atoms with Crippen molar-refractivity contribution >= 4 is 27.8 Å². The van der Waals surface area contributed by atoms with Gasteiger partial charge in [0.05, 0.1) is 11.5 Å². The summed E-state index contributed by atoms with van der Waals surface area (Å²) in [6, 6.07) is 3.94. The van der Waals surface area contributed by atoms with Crippen molar-refractivity contribution < 1.29 is 19.1 Å². The molecular weight excluding hydrogens is 317 g/mol. The molecule has 2 rings (SSSR count). The molecule has 0 heterocycles. The fourth-order valence-corrected chi connectivity index (χ4v) is 2.63. The minimum atomic E-state index is -0.842. The Bertz CT molecular complexity index is 521. The van der Waals surface area contributed by atoms with E-state index in [4.69, 9.17) is 5.11 Å². The van der Waals surface area contributed by atoms with Crippen LogP contribution in [-0.4, -0.2) is 23.0 Å². The van der Waals surface area contributed by atoms with Crippen molar-refractivity contribution in [3.63, 3.8) is 0 Å². The molecule has 0 aliphatic heterocycles. The first-order valence-corrected chi connectivity index (χ1v) is 6.75. The van der Waals surface area contributed by atoms with Crippen LogP contribution in [0.4, 0.5) is 4.39 Å². The summed E-state index contributed by atoms with van der Waals surface area (Å²) in [6.07, 6.45) is 1.55. The van der Waals surface area contributed by atoms with Gasteiger partial charge in [-0.3, -0.25) is 9.59 Å². The Morgan fingerprint density at radius 1 is 1.37 bits per heavy atom. The van der Waals surface area contributed by atoms with Crippen LogP contribution in [-0.2, 0) is 4.79 Å². The van der Waals surface area contributed by atoms with E-state index in [0.717, 1.165) is 0 Å². The van der Waals surface area contributed by atoms with Crippen molar-refractivity contribution in [2.45, 2.75) is 25.3 Å². The number of hydrogen-bond acceptors (Lipinski definition) is 2. The predicted molar refractivity (Wildman–Crippen MR) is 70.3 cm³/mol. The molecule has 2 N–H and O–H groups in total. The second kappa shape index (κ2) is 5.69. The van der Waals surface area contributed by atoms with Crippen LogP contribution in [0.25, 0.3) is 0 Å². The van der Waals surface area contributed by atoms with Gasteiger partial charge in [-0.2, -0.15) is 0 Å². The highest BCUT2D eigenvalue weighted by atomic mass is 79.9. The van der Waals surface area contributed by atoms with Crippen LogP contribution in [0.5, 0.6) is 0 Å². The van der Waals surface area contributed by atoms with Crippen LogP contribution < -0.4 is 5.32 Å². The van der Waals surface area contributed by atoms with Crippen molar-refractivity contribution in [2.75, 3.05) is 0 Å². The van der Waals surface area contributed by atoms with Crippen LogP contribution in [0.2, 0.25) is 0 Å². The van der Waals surface area contributed by atoms with Crippen molar-refractivity contribution in [1.29, 1.82) is 0 Å². The lowest BCUT2D eigenvalue weighted by Gasteiger charge is -2.13. The van der Waals surface area contributed by atoms with E-state index >= 15 is 0 Å². The number of amides is 1. The zero-order valence-corrected chi connectivity index (χ0v) is 11.6. The molecule has 1 amide bonds. The molecule has 6 heteroatoms. The highest BCUT2D eigenvalue weighted by molar-refractivity contribution is 9.10. The van der Waals surface area contributed by atoms with E-state index in [2.05, 4.69) is 21.2 Å². The molecule has 2 atom stereocenters. The Morgan fingerprint density at radius 2 is 2.11 bits per heavy atom. The van der Waals surface area contributed by atoms with Crippen molar-refractivity contribution in [1.82, 2.24) is 5.32 Å². The molecule has 0 radical (unpaired) electrons. The zero-order valence-electron chi connectivity index (χ0n) is 10.0. The number of rotatable bonds is 3. The Balaban J connectivity index is 2.02. The first kappa shape index (κ1) is 14.0. The molecule has 102 valence electrons. The van der Waals surface area contributed by atoms with Crippen LogP contribution in [0.1, 0.15) is 29.6 Å².